The van der Waals surface area contributed by atoms with E-state index in [9.17, 15) is 4.79 Å². The molecule has 0 atom stereocenters. The second-order valence-corrected chi connectivity index (χ2v) is 7.79. The van der Waals surface area contributed by atoms with Crippen LogP contribution in [0.15, 0.2) is 51.8 Å². The van der Waals surface area contributed by atoms with E-state index >= 15 is 0 Å². The number of carbonyl (C=O) groups excluding carboxylic acids is 1. The van der Waals surface area contributed by atoms with Gasteiger partial charge in [0.05, 0.1) is 23.0 Å². The zero-order valence-electron chi connectivity index (χ0n) is 17.0. The zero-order valence-corrected chi connectivity index (χ0v) is 17.7. The molecule has 0 aliphatic rings. The minimum atomic E-state index is -0.165. The van der Waals surface area contributed by atoms with Crippen LogP contribution in [0.2, 0.25) is 0 Å². The maximum absolute atomic E-state index is 12.4. The van der Waals surface area contributed by atoms with E-state index in [0.29, 0.717) is 17.8 Å². The number of aryl methyl sites for hydroxylation is 1. The van der Waals surface area contributed by atoms with Gasteiger partial charge in [-0.25, -0.2) is 0 Å². The molecule has 1 aromatic carbocycles. The normalized spacial score (nSPS) is 12.8. The summed E-state index contributed by atoms with van der Waals surface area (Å²) in [6.45, 7) is 11.9. The van der Waals surface area contributed by atoms with E-state index in [1.165, 1.54) is 0 Å². The Morgan fingerprint density at radius 2 is 2.07 bits per heavy atom. The van der Waals surface area contributed by atoms with Gasteiger partial charge in [-0.05, 0) is 51.6 Å². The van der Waals surface area contributed by atoms with Crippen LogP contribution in [0.4, 0.5) is 0 Å². The fraction of sp³-hybridized carbons (Fsp3) is 0.333. The summed E-state index contributed by atoms with van der Waals surface area (Å²) in [6, 6.07) is 5.92. The SMILES string of the molecule is C=N/C(Cl)=C\C(=N/C)c1ccc(CNC(=O)c2cnn(C(C)(C)C)c2)c(C)c1. The van der Waals surface area contributed by atoms with Crippen LogP contribution in [-0.2, 0) is 12.1 Å². The van der Waals surface area contributed by atoms with Crippen molar-refractivity contribution in [3.05, 3.63) is 64.1 Å². The van der Waals surface area contributed by atoms with Crippen LogP contribution in [-0.4, -0.2) is 35.2 Å². The van der Waals surface area contributed by atoms with Gasteiger partial charge in [0.25, 0.3) is 5.91 Å². The number of aliphatic imine (C=N–C) groups is 2. The van der Waals surface area contributed by atoms with E-state index in [1.54, 1.807) is 30.2 Å². The fourth-order valence-corrected chi connectivity index (χ4v) is 2.68. The molecule has 1 aromatic heterocycles. The lowest BCUT2D eigenvalue weighted by molar-refractivity contribution is 0.0950. The molecule has 148 valence electrons. The van der Waals surface area contributed by atoms with Crippen molar-refractivity contribution in [2.75, 3.05) is 7.05 Å². The Hall–Kier alpha value is -2.73. The van der Waals surface area contributed by atoms with Gasteiger partial charge in [-0.15, -0.1) is 0 Å². The lowest BCUT2D eigenvalue weighted by atomic mass is 10.0. The number of benzene rings is 1. The van der Waals surface area contributed by atoms with Crippen LogP contribution < -0.4 is 5.32 Å². The van der Waals surface area contributed by atoms with E-state index in [-0.39, 0.29) is 16.6 Å². The van der Waals surface area contributed by atoms with E-state index in [1.807, 2.05) is 45.9 Å². The summed E-state index contributed by atoms with van der Waals surface area (Å²) >= 11 is 5.93. The minimum Gasteiger partial charge on any atom is -0.348 e. The maximum Gasteiger partial charge on any atom is 0.254 e. The molecule has 1 amide bonds. The topological polar surface area (TPSA) is 71.6 Å². The number of allylic oxidation sites excluding steroid dienone is 1. The van der Waals surface area contributed by atoms with Gasteiger partial charge < -0.3 is 5.32 Å². The summed E-state index contributed by atoms with van der Waals surface area (Å²) < 4.78 is 1.78. The number of halogens is 1. The average Bonchev–Trinajstić information content (AvgIpc) is 3.15. The zero-order chi connectivity index (χ0) is 20.9. The summed E-state index contributed by atoms with van der Waals surface area (Å²) in [4.78, 5) is 20.3. The highest BCUT2D eigenvalue weighted by molar-refractivity contribution is 6.32. The van der Waals surface area contributed by atoms with E-state index in [0.717, 1.165) is 16.7 Å². The van der Waals surface area contributed by atoms with Gasteiger partial charge in [0, 0.05) is 31.4 Å². The van der Waals surface area contributed by atoms with E-state index in [2.05, 4.69) is 27.1 Å². The first-order valence-corrected chi connectivity index (χ1v) is 9.27. The molecule has 0 aliphatic carbocycles. The Morgan fingerprint density at radius 1 is 1.36 bits per heavy atom. The smallest absolute Gasteiger partial charge is 0.254 e. The van der Waals surface area contributed by atoms with Crippen molar-refractivity contribution in [2.45, 2.75) is 39.8 Å². The molecule has 2 rings (SSSR count). The van der Waals surface area contributed by atoms with Crippen molar-refractivity contribution in [3.63, 3.8) is 0 Å². The van der Waals surface area contributed by atoms with Gasteiger partial charge in [0.15, 0.2) is 0 Å². The molecule has 1 heterocycles. The van der Waals surface area contributed by atoms with Crippen LogP contribution in [0.25, 0.3) is 0 Å². The predicted octanol–water partition coefficient (Wildman–Crippen LogP) is 4.08. The lowest BCUT2D eigenvalue weighted by Crippen LogP contribution is -2.24. The minimum absolute atomic E-state index is 0.151. The number of nitrogens with one attached hydrogen (secondary N) is 1. The first kappa shape index (κ1) is 21.6. The number of nitrogens with zero attached hydrogens (tertiary/aromatic N) is 4. The number of carbonyl (C=O) groups is 1. The molecule has 0 radical (unpaired) electrons. The molecular formula is C21H26ClN5O. The van der Waals surface area contributed by atoms with Crippen molar-refractivity contribution >= 4 is 29.9 Å². The van der Waals surface area contributed by atoms with E-state index < -0.39 is 0 Å². The van der Waals surface area contributed by atoms with Crippen LogP contribution in [0.1, 0.15) is 47.8 Å². The molecule has 0 bridgehead atoms. The monoisotopic (exact) mass is 399 g/mol. The Morgan fingerprint density at radius 3 is 2.61 bits per heavy atom. The molecule has 28 heavy (non-hydrogen) atoms. The van der Waals surface area contributed by atoms with Gasteiger partial charge in [-0.1, -0.05) is 23.7 Å². The third kappa shape index (κ3) is 5.39. The fourth-order valence-electron chi connectivity index (χ4n) is 2.57. The number of rotatable bonds is 6. The maximum atomic E-state index is 12.4. The largest absolute Gasteiger partial charge is 0.348 e. The van der Waals surface area contributed by atoms with Crippen molar-refractivity contribution in [2.24, 2.45) is 9.98 Å². The van der Waals surface area contributed by atoms with Gasteiger partial charge >= 0.3 is 0 Å². The third-order valence-corrected chi connectivity index (χ3v) is 4.49. The van der Waals surface area contributed by atoms with Gasteiger partial charge in [0.2, 0.25) is 0 Å². The van der Waals surface area contributed by atoms with Crippen molar-refractivity contribution in [1.82, 2.24) is 15.1 Å². The first-order valence-electron chi connectivity index (χ1n) is 8.89. The Labute approximate surface area is 171 Å². The summed E-state index contributed by atoms with van der Waals surface area (Å²) in [5, 5.41) is 7.50. The Bertz CT molecular complexity index is 935. The molecule has 0 fully saturated rings. The highest BCUT2D eigenvalue weighted by Gasteiger charge is 2.16. The lowest BCUT2D eigenvalue weighted by Gasteiger charge is -2.18. The van der Waals surface area contributed by atoms with Crippen molar-refractivity contribution in [3.8, 4) is 0 Å². The van der Waals surface area contributed by atoms with Gasteiger partial charge in [0.1, 0.15) is 5.16 Å². The molecule has 6 nitrogen and oxygen atoms in total. The van der Waals surface area contributed by atoms with E-state index in [4.69, 9.17) is 11.6 Å². The number of hydrogen-bond donors (Lipinski definition) is 1. The predicted molar refractivity (Wildman–Crippen MR) is 116 cm³/mol. The molecule has 0 saturated carbocycles. The highest BCUT2D eigenvalue weighted by Crippen LogP contribution is 2.16. The van der Waals surface area contributed by atoms with Crippen LogP contribution in [0, 0.1) is 6.92 Å². The third-order valence-electron chi connectivity index (χ3n) is 4.26. The van der Waals surface area contributed by atoms with Gasteiger partial charge in [-0.2, -0.15) is 5.10 Å². The average molecular weight is 400 g/mol. The molecule has 0 aliphatic heterocycles. The van der Waals surface area contributed by atoms with Crippen molar-refractivity contribution < 1.29 is 4.79 Å². The van der Waals surface area contributed by atoms with Crippen LogP contribution in [0.3, 0.4) is 0 Å². The first-order chi connectivity index (χ1) is 13.2. The molecule has 0 unspecified atom stereocenters. The standard InChI is InChI=1S/C21H26ClN5O/c1-14-9-15(18(23-5)10-19(22)24-6)7-8-16(14)11-25-20(28)17-12-26-27(13-17)21(2,3)4/h7-10,12-13H,6,11H2,1-5H3,(H,25,28)/b19-10-,23-18+. The summed E-state index contributed by atoms with van der Waals surface area (Å²) in [7, 11) is 1.69. The summed E-state index contributed by atoms with van der Waals surface area (Å²) in [6.07, 6.45) is 5.01. The van der Waals surface area contributed by atoms with Crippen LogP contribution in [0.5, 0.6) is 0 Å². The second kappa shape index (κ2) is 8.97. The number of hydrogen-bond acceptors (Lipinski definition) is 4. The number of amides is 1. The second-order valence-electron chi connectivity index (χ2n) is 7.40. The Balaban J connectivity index is 2.10. The summed E-state index contributed by atoms with van der Waals surface area (Å²) in [5.41, 5.74) is 4.07. The quantitative estimate of drug-likeness (QED) is 0.587. The Kier molecular flexibility index (Phi) is 6.91. The summed E-state index contributed by atoms with van der Waals surface area (Å²) in [5.74, 6) is -0.151. The van der Waals surface area contributed by atoms with Crippen LogP contribution >= 0.6 is 11.6 Å². The molecule has 0 saturated heterocycles. The highest BCUT2D eigenvalue weighted by atomic mass is 35.5. The number of aromatic nitrogens is 2. The molecule has 7 heteroatoms. The molecule has 1 N–H and O–H groups in total. The molecular weight excluding hydrogens is 374 g/mol. The molecule has 0 spiro atoms. The van der Waals surface area contributed by atoms with Crippen molar-refractivity contribution in [1.29, 1.82) is 0 Å². The molecule has 2 aromatic rings. The van der Waals surface area contributed by atoms with Gasteiger partial charge in [-0.3, -0.25) is 19.5 Å².